The Balaban J connectivity index is 1.83. The van der Waals surface area contributed by atoms with Crippen molar-refractivity contribution in [3.8, 4) is 22.6 Å². The first kappa shape index (κ1) is 18.0. The van der Waals surface area contributed by atoms with Gasteiger partial charge in [-0.05, 0) is 35.4 Å². The topological polar surface area (TPSA) is 109 Å². The number of benzene rings is 2. The first-order valence-corrected chi connectivity index (χ1v) is 8.99. The summed E-state index contributed by atoms with van der Waals surface area (Å²) in [5, 5.41) is 22.5. The SMILES string of the molecule is Nc1ncnc2c1c(-c1ccc(O)cc1)cn2-c1cccc(CNCCO)c1. The lowest BCUT2D eigenvalue weighted by atomic mass is 10.1. The second-order valence-corrected chi connectivity index (χ2v) is 6.49. The van der Waals surface area contributed by atoms with E-state index in [1.54, 1.807) is 12.1 Å². The number of nitrogens with two attached hydrogens (primary N) is 1. The van der Waals surface area contributed by atoms with Gasteiger partial charge in [0.25, 0.3) is 0 Å². The van der Waals surface area contributed by atoms with E-state index in [1.807, 2.05) is 41.1 Å². The number of rotatable bonds is 6. The number of nitrogen functional groups attached to an aromatic ring is 1. The summed E-state index contributed by atoms with van der Waals surface area (Å²) in [6, 6.07) is 15.1. The van der Waals surface area contributed by atoms with Crippen LogP contribution >= 0.6 is 0 Å². The van der Waals surface area contributed by atoms with Gasteiger partial charge in [0.2, 0.25) is 0 Å². The average molecular weight is 375 g/mol. The lowest BCUT2D eigenvalue weighted by Gasteiger charge is -2.08. The number of hydrogen-bond donors (Lipinski definition) is 4. The minimum Gasteiger partial charge on any atom is -0.508 e. The molecule has 2 aromatic heterocycles. The third-order valence-electron chi connectivity index (χ3n) is 4.60. The summed E-state index contributed by atoms with van der Waals surface area (Å²) in [5.74, 6) is 0.618. The summed E-state index contributed by atoms with van der Waals surface area (Å²) in [4.78, 5) is 8.62. The zero-order chi connectivity index (χ0) is 19.5. The van der Waals surface area contributed by atoms with Crippen molar-refractivity contribution < 1.29 is 10.2 Å². The van der Waals surface area contributed by atoms with Gasteiger partial charge in [-0.1, -0.05) is 24.3 Å². The number of phenolic OH excluding ortho intramolecular Hbond substituents is 1. The number of aliphatic hydroxyl groups excluding tert-OH is 1. The van der Waals surface area contributed by atoms with Crippen molar-refractivity contribution in [3.63, 3.8) is 0 Å². The van der Waals surface area contributed by atoms with Crippen LogP contribution in [0.15, 0.2) is 61.1 Å². The molecule has 0 aliphatic carbocycles. The molecule has 28 heavy (non-hydrogen) atoms. The monoisotopic (exact) mass is 375 g/mol. The molecule has 4 rings (SSSR count). The summed E-state index contributed by atoms with van der Waals surface area (Å²) in [5.41, 5.74) is 10.8. The van der Waals surface area contributed by atoms with Crippen LogP contribution in [-0.4, -0.2) is 37.9 Å². The van der Waals surface area contributed by atoms with Gasteiger partial charge in [-0.3, -0.25) is 0 Å². The standard InChI is InChI=1S/C21H21N5O2/c22-20-19-18(15-4-6-17(28)7-5-15)12-26(21(19)25-13-24-20)16-3-1-2-14(10-16)11-23-8-9-27/h1-7,10,12-13,23,27-28H,8-9,11H2,(H2,22,24,25). The van der Waals surface area contributed by atoms with E-state index in [0.29, 0.717) is 18.9 Å². The Bertz CT molecular complexity index is 1110. The van der Waals surface area contributed by atoms with E-state index in [9.17, 15) is 5.11 Å². The molecule has 0 unspecified atom stereocenters. The molecule has 0 bridgehead atoms. The number of nitrogens with zero attached hydrogens (tertiary/aromatic N) is 3. The molecule has 0 saturated carbocycles. The van der Waals surface area contributed by atoms with Gasteiger partial charge >= 0.3 is 0 Å². The molecule has 2 heterocycles. The number of aliphatic hydroxyl groups is 1. The molecular formula is C21H21N5O2. The lowest BCUT2D eigenvalue weighted by molar-refractivity contribution is 0.292. The molecule has 7 heteroatoms. The highest BCUT2D eigenvalue weighted by molar-refractivity contribution is 6.01. The average Bonchev–Trinajstić information content (AvgIpc) is 3.10. The third kappa shape index (κ3) is 3.40. The van der Waals surface area contributed by atoms with Crippen molar-refractivity contribution >= 4 is 16.9 Å². The van der Waals surface area contributed by atoms with Gasteiger partial charge in [0.1, 0.15) is 17.9 Å². The predicted molar refractivity (Wildman–Crippen MR) is 109 cm³/mol. The van der Waals surface area contributed by atoms with E-state index in [-0.39, 0.29) is 12.4 Å². The fourth-order valence-corrected chi connectivity index (χ4v) is 3.27. The van der Waals surface area contributed by atoms with Crippen molar-refractivity contribution in [1.29, 1.82) is 0 Å². The van der Waals surface area contributed by atoms with Crippen LogP contribution in [0.4, 0.5) is 5.82 Å². The molecule has 4 aromatic rings. The van der Waals surface area contributed by atoms with E-state index in [1.165, 1.54) is 6.33 Å². The largest absolute Gasteiger partial charge is 0.508 e. The molecule has 0 radical (unpaired) electrons. The van der Waals surface area contributed by atoms with Crippen LogP contribution in [0.1, 0.15) is 5.56 Å². The summed E-state index contributed by atoms with van der Waals surface area (Å²) in [6.45, 7) is 1.31. The van der Waals surface area contributed by atoms with Crippen LogP contribution in [-0.2, 0) is 6.54 Å². The van der Waals surface area contributed by atoms with E-state index >= 15 is 0 Å². The Kier molecular flexibility index (Phi) is 4.92. The maximum absolute atomic E-state index is 9.60. The number of anilines is 1. The number of fused-ring (bicyclic) bond motifs is 1. The third-order valence-corrected chi connectivity index (χ3v) is 4.60. The van der Waals surface area contributed by atoms with Crippen molar-refractivity contribution in [2.45, 2.75) is 6.54 Å². The molecule has 0 aliphatic rings. The van der Waals surface area contributed by atoms with Crippen LogP contribution in [0.3, 0.4) is 0 Å². The van der Waals surface area contributed by atoms with Gasteiger partial charge in [0.15, 0.2) is 5.65 Å². The fourth-order valence-electron chi connectivity index (χ4n) is 3.27. The van der Waals surface area contributed by atoms with Crippen molar-refractivity contribution in [2.75, 3.05) is 18.9 Å². The van der Waals surface area contributed by atoms with E-state index in [4.69, 9.17) is 10.8 Å². The van der Waals surface area contributed by atoms with Gasteiger partial charge in [-0.15, -0.1) is 0 Å². The van der Waals surface area contributed by atoms with Crippen LogP contribution in [0, 0.1) is 0 Å². The number of hydrogen-bond acceptors (Lipinski definition) is 6. The van der Waals surface area contributed by atoms with E-state index in [2.05, 4.69) is 21.4 Å². The molecule has 0 saturated heterocycles. The smallest absolute Gasteiger partial charge is 0.150 e. The Morgan fingerprint density at radius 2 is 1.89 bits per heavy atom. The Hall–Kier alpha value is -3.42. The van der Waals surface area contributed by atoms with Crippen LogP contribution in [0.2, 0.25) is 0 Å². The minimum absolute atomic E-state index is 0.105. The van der Waals surface area contributed by atoms with Gasteiger partial charge < -0.3 is 25.8 Å². The molecule has 0 amide bonds. The highest BCUT2D eigenvalue weighted by Gasteiger charge is 2.16. The first-order valence-electron chi connectivity index (χ1n) is 8.99. The van der Waals surface area contributed by atoms with Crippen molar-refractivity contribution in [3.05, 3.63) is 66.6 Å². The summed E-state index contributed by atoms with van der Waals surface area (Å²) < 4.78 is 1.99. The molecular weight excluding hydrogens is 354 g/mol. The molecule has 0 spiro atoms. The van der Waals surface area contributed by atoms with E-state index in [0.717, 1.165) is 33.4 Å². The lowest BCUT2D eigenvalue weighted by Crippen LogP contribution is -2.17. The normalized spacial score (nSPS) is 11.2. The number of nitrogens with one attached hydrogen (secondary N) is 1. The Morgan fingerprint density at radius 3 is 2.68 bits per heavy atom. The highest BCUT2D eigenvalue weighted by Crippen LogP contribution is 2.34. The molecule has 2 aromatic carbocycles. The quantitative estimate of drug-likeness (QED) is 0.386. The molecule has 5 N–H and O–H groups in total. The minimum atomic E-state index is 0.105. The van der Waals surface area contributed by atoms with Gasteiger partial charge in [-0.25, -0.2) is 9.97 Å². The number of aromatic hydroxyl groups is 1. The summed E-state index contributed by atoms with van der Waals surface area (Å²) in [6.07, 6.45) is 3.45. The van der Waals surface area contributed by atoms with Crippen LogP contribution in [0.25, 0.3) is 27.8 Å². The van der Waals surface area contributed by atoms with Gasteiger partial charge in [-0.2, -0.15) is 0 Å². The molecule has 142 valence electrons. The molecule has 0 aliphatic heterocycles. The van der Waals surface area contributed by atoms with Crippen molar-refractivity contribution in [2.24, 2.45) is 0 Å². The maximum Gasteiger partial charge on any atom is 0.150 e. The maximum atomic E-state index is 9.60. The number of phenols is 1. The highest BCUT2D eigenvalue weighted by atomic mass is 16.3. The zero-order valence-corrected chi connectivity index (χ0v) is 15.2. The molecule has 0 atom stereocenters. The Labute approximate surface area is 162 Å². The van der Waals surface area contributed by atoms with Crippen molar-refractivity contribution in [1.82, 2.24) is 19.9 Å². The summed E-state index contributed by atoms with van der Waals surface area (Å²) >= 11 is 0. The fraction of sp³-hybridized carbons (Fsp3) is 0.143. The molecule has 7 nitrogen and oxygen atoms in total. The second-order valence-electron chi connectivity index (χ2n) is 6.49. The first-order chi connectivity index (χ1) is 13.7. The van der Waals surface area contributed by atoms with E-state index < -0.39 is 0 Å². The number of aromatic nitrogens is 3. The van der Waals surface area contributed by atoms with Crippen LogP contribution in [0.5, 0.6) is 5.75 Å². The summed E-state index contributed by atoms with van der Waals surface area (Å²) in [7, 11) is 0. The van der Waals surface area contributed by atoms with Gasteiger partial charge in [0, 0.05) is 30.5 Å². The Morgan fingerprint density at radius 1 is 1.07 bits per heavy atom. The predicted octanol–water partition coefficient (Wildman–Crippen LogP) is 2.46. The second kappa shape index (κ2) is 7.67. The zero-order valence-electron chi connectivity index (χ0n) is 15.2. The molecule has 0 fully saturated rings. The van der Waals surface area contributed by atoms with Crippen LogP contribution < -0.4 is 11.1 Å². The van der Waals surface area contributed by atoms with Gasteiger partial charge in [0.05, 0.1) is 12.0 Å².